The predicted octanol–water partition coefficient (Wildman–Crippen LogP) is 1.87. The number of esters is 1. The first-order chi connectivity index (χ1) is 10.6. The molecule has 0 aliphatic carbocycles. The van der Waals surface area contributed by atoms with Crippen LogP contribution >= 0.6 is 0 Å². The first-order valence-electron chi connectivity index (χ1n) is 6.64. The largest absolute Gasteiger partial charge is 0.463 e. The van der Waals surface area contributed by atoms with Crippen molar-refractivity contribution < 1.29 is 31.9 Å². The zero-order valence-corrected chi connectivity index (χ0v) is 12.5. The van der Waals surface area contributed by atoms with Gasteiger partial charge in [-0.2, -0.15) is 13.2 Å². The topological polar surface area (TPSA) is 67.4 Å². The first kappa shape index (κ1) is 18.9. The van der Waals surface area contributed by atoms with Crippen LogP contribution in [0.3, 0.4) is 0 Å². The van der Waals surface area contributed by atoms with Gasteiger partial charge in [0.05, 0.1) is 6.61 Å². The van der Waals surface area contributed by atoms with Crippen molar-refractivity contribution in [1.82, 2.24) is 10.6 Å². The molecule has 1 amide bonds. The average Bonchev–Trinajstić information content (AvgIpc) is 2.43. The number of ether oxygens (including phenoxy) is 1. The Morgan fingerprint density at radius 1 is 1.17 bits per heavy atom. The summed E-state index contributed by atoms with van der Waals surface area (Å²) in [6.07, 6.45) is -5.15. The zero-order valence-electron chi connectivity index (χ0n) is 12.5. The van der Waals surface area contributed by atoms with E-state index in [2.05, 4.69) is 4.74 Å². The number of benzene rings is 1. The minimum Gasteiger partial charge on any atom is -0.463 e. The summed E-state index contributed by atoms with van der Waals surface area (Å²) in [6.45, 7) is 1.44. The van der Waals surface area contributed by atoms with Crippen LogP contribution in [-0.4, -0.2) is 30.3 Å². The number of hydrogen-bond acceptors (Lipinski definition) is 4. The van der Waals surface area contributed by atoms with Crippen molar-refractivity contribution in [2.75, 3.05) is 6.61 Å². The number of amides is 1. The fourth-order valence-corrected chi connectivity index (χ4v) is 1.79. The van der Waals surface area contributed by atoms with E-state index in [1.807, 2.05) is 5.32 Å². The fourth-order valence-electron chi connectivity index (χ4n) is 1.79. The van der Waals surface area contributed by atoms with Crippen LogP contribution in [0, 0.1) is 5.82 Å². The van der Waals surface area contributed by atoms with Crippen LogP contribution in [0.4, 0.5) is 17.6 Å². The number of hydrogen-bond donors (Lipinski definition) is 2. The zero-order chi connectivity index (χ0) is 17.7. The maximum atomic E-state index is 13.4. The molecule has 0 saturated carbocycles. The average molecular weight is 336 g/mol. The highest BCUT2D eigenvalue weighted by Gasteiger charge is 2.62. The van der Waals surface area contributed by atoms with E-state index in [0.29, 0.717) is 0 Å². The molecule has 0 aromatic heterocycles. The Labute approximate surface area is 130 Å². The Kier molecular flexibility index (Phi) is 6.08. The maximum Gasteiger partial charge on any atom is 0.436 e. The second-order valence-electron chi connectivity index (χ2n) is 4.63. The lowest BCUT2D eigenvalue weighted by Gasteiger charge is -2.34. The third-order valence-corrected chi connectivity index (χ3v) is 2.84. The molecule has 0 aliphatic rings. The van der Waals surface area contributed by atoms with Crippen LogP contribution in [-0.2, 0) is 20.9 Å². The molecule has 0 heterocycles. The van der Waals surface area contributed by atoms with Gasteiger partial charge in [-0.15, -0.1) is 0 Å². The van der Waals surface area contributed by atoms with E-state index in [9.17, 15) is 27.2 Å². The number of nitrogens with one attached hydrogen (secondary N) is 2. The molecule has 0 aliphatic heterocycles. The molecule has 0 fully saturated rings. The van der Waals surface area contributed by atoms with Gasteiger partial charge >= 0.3 is 12.1 Å². The molecule has 1 aromatic rings. The molecular formula is C14H16F4N2O3. The van der Waals surface area contributed by atoms with Gasteiger partial charge in [-0.05, 0) is 24.6 Å². The molecule has 0 radical (unpaired) electrons. The molecule has 0 saturated heterocycles. The van der Waals surface area contributed by atoms with Crippen LogP contribution in [0.5, 0.6) is 0 Å². The smallest absolute Gasteiger partial charge is 0.436 e. The summed E-state index contributed by atoms with van der Waals surface area (Å²) in [5.41, 5.74) is -3.10. The summed E-state index contributed by atoms with van der Waals surface area (Å²) < 4.78 is 57.6. The molecule has 1 aromatic carbocycles. The monoisotopic (exact) mass is 336 g/mol. The number of alkyl halides is 3. The molecule has 0 spiro atoms. The van der Waals surface area contributed by atoms with Crippen molar-refractivity contribution in [1.29, 1.82) is 0 Å². The van der Waals surface area contributed by atoms with Gasteiger partial charge in [0.15, 0.2) is 0 Å². The van der Waals surface area contributed by atoms with Crippen molar-refractivity contribution in [3.05, 3.63) is 35.6 Å². The Balaban J connectivity index is 3.12. The molecule has 1 rings (SSSR count). The number of halogens is 4. The molecule has 23 heavy (non-hydrogen) atoms. The van der Waals surface area contributed by atoms with Gasteiger partial charge in [-0.3, -0.25) is 10.1 Å². The lowest BCUT2D eigenvalue weighted by atomic mass is 10.1. The number of carbonyl (C=O) groups excluding carboxylic acids is 2. The van der Waals surface area contributed by atoms with E-state index in [1.165, 1.54) is 19.1 Å². The SMILES string of the molecule is CCOC(=O)C(NCc1ccc(F)cc1)(NC(C)=O)C(F)(F)F. The van der Waals surface area contributed by atoms with Crippen molar-refractivity contribution in [3.63, 3.8) is 0 Å². The van der Waals surface area contributed by atoms with Crippen molar-refractivity contribution in [2.45, 2.75) is 32.2 Å². The predicted molar refractivity (Wildman–Crippen MR) is 72.5 cm³/mol. The highest BCUT2D eigenvalue weighted by molar-refractivity contribution is 5.87. The Bertz CT molecular complexity index is 560. The maximum absolute atomic E-state index is 13.4. The molecule has 128 valence electrons. The third-order valence-electron chi connectivity index (χ3n) is 2.84. The quantitative estimate of drug-likeness (QED) is 0.473. The van der Waals surface area contributed by atoms with Gasteiger partial charge in [0.2, 0.25) is 5.91 Å². The lowest BCUT2D eigenvalue weighted by molar-refractivity contribution is -0.221. The molecular weight excluding hydrogens is 320 g/mol. The highest BCUT2D eigenvalue weighted by Crippen LogP contribution is 2.30. The second-order valence-corrected chi connectivity index (χ2v) is 4.63. The van der Waals surface area contributed by atoms with E-state index < -0.39 is 36.1 Å². The van der Waals surface area contributed by atoms with Gasteiger partial charge in [0, 0.05) is 13.5 Å². The molecule has 9 heteroatoms. The summed E-state index contributed by atoms with van der Waals surface area (Å²) in [7, 11) is 0. The van der Waals surface area contributed by atoms with Gasteiger partial charge in [-0.25, -0.2) is 9.18 Å². The molecule has 0 bridgehead atoms. The number of carbonyl (C=O) groups is 2. The van der Waals surface area contributed by atoms with Crippen LogP contribution in [0.15, 0.2) is 24.3 Å². The van der Waals surface area contributed by atoms with Gasteiger partial charge in [0.1, 0.15) is 5.82 Å². The summed E-state index contributed by atoms with van der Waals surface area (Å²) in [6, 6.07) is 4.63. The first-order valence-corrected chi connectivity index (χ1v) is 6.64. The van der Waals surface area contributed by atoms with Gasteiger partial charge < -0.3 is 10.1 Å². The molecule has 1 atom stereocenters. The Hall–Kier alpha value is -2.16. The molecule has 1 unspecified atom stereocenters. The fraction of sp³-hybridized carbons (Fsp3) is 0.429. The second kappa shape index (κ2) is 7.40. The normalized spacial score (nSPS) is 14.0. The van der Waals surface area contributed by atoms with Gasteiger partial charge in [0.25, 0.3) is 5.66 Å². The summed E-state index contributed by atoms with van der Waals surface area (Å²) in [5.74, 6) is -3.30. The summed E-state index contributed by atoms with van der Waals surface area (Å²) >= 11 is 0. The Morgan fingerprint density at radius 3 is 2.17 bits per heavy atom. The highest BCUT2D eigenvalue weighted by atomic mass is 19.4. The standard InChI is InChI=1S/C14H16F4N2O3/c1-3-23-12(22)13(14(16,17)18,20-9(2)21)19-8-10-4-6-11(15)7-5-10/h4-7,19H,3,8H2,1-2H3,(H,20,21). The number of rotatable bonds is 6. The van der Waals surface area contributed by atoms with E-state index in [-0.39, 0.29) is 12.2 Å². The minimum absolute atomic E-state index is 0.287. The van der Waals surface area contributed by atoms with Crippen molar-refractivity contribution in [2.24, 2.45) is 0 Å². The van der Waals surface area contributed by atoms with E-state index in [1.54, 1.807) is 5.32 Å². The summed E-state index contributed by atoms with van der Waals surface area (Å²) in [4.78, 5) is 23.0. The van der Waals surface area contributed by atoms with Crippen molar-refractivity contribution in [3.8, 4) is 0 Å². The third kappa shape index (κ3) is 4.65. The van der Waals surface area contributed by atoms with E-state index in [0.717, 1.165) is 19.1 Å². The van der Waals surface area contributed by atoms with Crippen LogP contribution in [0.2, 0.25) is 0 Å². The lowest BCUT2D eigenvalue weighted by Crippen LogP contribution is -2.72. The Morgan fingerprint density at radius 2 is 1.74 bits per heavy atom. The molecule has 5 nitrogen and oxygen atoms in total. The summed E-state index contributed by atoms with van der Waals surface area (Å²) in [5, 5.41) is 3.55. The van der Waals surface area contributed by atoms with E-state index >= 15 is 0 Å². The van der Waals surface area contributed by atoms with Crippen molar-refractivity contribution >= 4 is 11.9 Å². The van der Waals surface area contributed by atoms with Gasteiger partial charge in [-0.1, -0.05) is 12.1 Å². The van der Waals surface area contributed by atoms with Crippen LogP contribution in [0.1, 0.15) is 19.4 Å². The van der Waals surface area contributed by atoms with E-state index in [4.69, 9.17) is 0 Å². The minimum atomic E-state index is -5.15. The molecule has 2 N–H and O–H groups in total. The van der Waals surface area contributed by atoms with Crippen LogP contribution < -0.4 is 10.6 Å². The van der Waals surface area contributed by atoms with Crippen LogP contribution in [0.25, 0.3) is 0 Å².